The summed E-state index contributed by atoms with van der Waals surface area (Å²) >= 11 is 0. The van der Waals surface area contributed by atoms with Gasteiger partial charge in [-0.1, -0.05) is 48.5 Å². The van der Waals surface area contributed by atoms with Gasteiger partial charge in [0.05, 0.1) is 6.61 Å². The van der Waals surface area contributed by atoms with Gasteiger partial charge in [-0.25, -0.2) is 4.79 Å². The van der Waals surface area contributed by atoms with Crippen LogP contribution in [0.5, 0.6) is 0 Å². The molecular formula is C17H14O2. The number of carbonyl (C=O) groups excluding carboxylic acids is 1. The van der Waals surface area contributed by atoms with E-state index in [1.165, 1.54) is 11.1 Å². The lowest BCUT2D eigenvalue weighted by Crippen LogP contribution is -2.00. The molecule has 0 saturated heterocycles. The van der Waals surface area contributed by atoms with Crippen LogP contribution in [-0.2, 0) is 9.53 Å². The van der Waals surface area contributed by atoms with Crippen LogP contribution in [0.2, 0.25) is 0 Å². The lowest BCUT2D eigenvalue weighted by molar-refractivity contribution is -0.137. The first-order chi connectivity index (χ1) is 9.31. The van der Waals surface area contributed by atoms with E-state index in [-0.39, 0.29) is 5.97 Å². The van der Waals surface area contributed by atoms with E-state index >= 15 is 0 Å². The number of ether oxygens (including phenoxy) is 1. The number of esters is 1. The molecule has 0 aromatic heterocycles. The SMILES string of the molecule is CCOC(=O)C=C1c2ccccc2-c2ccccc21. The van der Waals surface area contributed by atoms with E-state index in [4.69, 9.17) is 4.74 Å². The average Bonchev–Trinajstić information content (AvgIpc) is 2.75. The summed E-state index contributed by atoms with van der Waals surface area (Å²) in [6.45, 7) is 2.21. The van der Waals surface area contributed by atoms with E-state index in [1.807, 2.05) is 43.3 Å². The van der Waals surface area contributed by atoms with E-state index in [0.29, 0.717) is 6.61 Å². The third-order valence-electron chi connectivity index (χ3n) is 3.27. The van der Waals surface area contributed by atoms with E-state index in [1.54, 1.807) is 6.08 Å². The molecule has 0 bridgehead atoms. The fourth-order valence-corrected chi connectivity index (χ4v) is 2.51. The Bertz CT molecular complexity index is 621. The van der Waals surface area contributed by atoms with Crippen LogP contribution in [0.15, 0.2) is 54.6 Å². The van der Waals surface area contributed by atoms with Gasteiger partial charge in [0, 0.05) is 6.08 Å². The molecule has 2 nitrogen and oxygen atoms in total. The molecule has 0 N–H and O–H groups in total. The molecule has 0 fully saturated rings. The molecule has 19 heavy (non-hydrogen) atoms. The van der Waals surface area contributed by atoms with Crippen LogP contribution in [0.1, 0.15) is 18.1 Å². The predicted molar refractivity (Wildman–Crippen MR) is 75.6 cm³/mol. The zero-order valence-corrected chi connectivity index (χ0v) is 10.7. The molecule has 0 spiro atoms. The second-order valence-corrected chi connectivity index (χ2v) is 4.40. The van der Waals surface area contributed by atoms with Crippen molar-refractivity contribution in [2.45, 2.75) is 6.92 Å². The van der Waals surface area contributed by atoms with Crippen molar-refractivity contribution in [2.75, 3.05) is 6.61 Å². The zero-order valence-electron chi connectivity index (χ0n) is 10.7. The van der Waals surface area contributed by atoms with Crippen molar-refractivity contribution in [3.05, 3.63) is 65.7 Å². The minimum atomic E-state index is -0.288. The van der Waals surface area contributed by atoms with Gasteiger partial charge in [0.25, 0.3) is 0 Å². The Morgan fingerprint density at radius 3 is 1.89 bits per heavy atom. The summed E-state index contributed by atoms with van der Waals surface area (Å²) in [5.41, 5.74) is 5.49. The topological polar surface area (TPSA) is 26.3 Å². The van der Waals surface area contributed by atoms with E-state index < -0.39 is 0 Å². The lowest BCUT2D eigenvalue weighted by Gasteiger charge is -2.02. The van der Waals surface area contributed by atoms with Crippen LogP contribution < -0.4 is 0 Å². The van der Waals surface area contributed by atoms with Crippen molar-refractivity contribution >= 4 is 11.5 Å². The van der Waals surface area contributed by atoms with Gasteiger partial charge in [-0.05, 0) is 34.8 Å². The van der Waals surface area contributed by atoms with Crippen LogP contribution in [0, 0.1) is 0 Å². The lowest BCUT2D eigenvalue weighted by atomic mass is 10.0. The Morgan fingerprint density at radius 1 is 0.947 bits per heavy atom. The molecule has 1 aliphatic rings. The summed E-state index contributed by atoms with van der Waals surface area (Å²) in [6, 6.07) is 16.3. The maximum Gasteiger partial charge on any atom is 0.331 e. The Labute approximate surface area is 112 Å². The molecule has 0 atom stereocenters. The molecule has 1 aliphatic carbocycles. The molecule has 2 aromatic carbocycles. The van der Waals surface area contributed by atoms with Crippen molar-refractivity contribution in [3.8, 4) is 11.1 Å². The van der Waals surface area contributed by atoms with Crippen molar-refractivity contribution in [3.63, 3.8) is 0 Å². The van der Waals surface area contributed by atoms with Gasteiger partial charge in [-0.15, -0.1) is 0 Å². The first-order valence-electron chi connectivity index (χ1n) is 6.39. The van der Waals surface area contributed by atoms with Crippen LogP contribution >= 0.6 is 0 Å². The van der Waals surface area contributed by atoms with Gasteiger partial charge in [-0.2, -0.15) is 0 Å². The van der Waals surface area contributed by atoms with Gasteiger partial charge in [0.15, 0.2) is 0 Å². The Balaban J connectivity index is 2.18. The predicted octanol–water partition coefficient (Wildman–Crippen LogP) is 3.66. The molecule has 0 amide bonds. The molecule has 0 heterocycles. The average molecular weight is 250 g/mol. The minimum absolute atomic E-state index is 0.288. The Kier molecular flexibility index (Phi) is 2.92. The number of fused-ring (bicyclic) bond motifs is 3. The van der Waals surface area contributed by atoms with Crippen LogP contribution in [-0.4, -0.2) is 12.6 Å². The molecule has 0 unspecified atom stereocenters. The normalized spacial score (nSPS) is 11.7. The van der Waals surface area contributed by atoms with Crippen molar-refractivity contribution < 1.29 is 9.53 Å². The first-order valence-corrected chi connectivity index (χ1v) is 6.39. The Hall–Kier alpha value is -2.35. The second-order valence-electron chi connectivity index (χ2n) is 4.40. The first kappa shape index (κ1) is 11.7. The van der Waals surface area contributed by atoms with Gasteiger partial charge < -0.3 is 4.74 Å². The van der Waals surface area contributed by atoms with Crippen molar-refractivity contribution in [1.82, 2.24) is 0 Å². The largest absolute Gasteiger partial charge is 0.463 e. The smallest absolute Gasteiger partial charge is 0.331 e. The van der Waals surface area contributed by atoms with Crippen molar-refractivity contribution in [2.24, 2.45) is 0 Å². The molecule has 94 valence electrons. The molecule has 3 rings (SSSR count). The molecule has 2 aromatic rings. The van der Waals surface area contributed by atoms with Crippen LogP contribution in [0.4, 0.5) is 0 Å². The fraction of sp³-hybridized carbons (Fsp3) is 0.118. The number of benzene rings is 2. The van der Waals surface area contributed by atoms with Crippen LogP contribution in [0.3, 0.4) is 0 Å². The third kappa shape index (κ3) is 1.95. The minimum Gasteiger partial charge on any atom is -0.463 e. The van der Waals surface area contributed by atoms with Gasteiger partial charge in [0.2, 0.25) is 0 Å². The molecule has 0 radical (unpaired) electrons. The highest BCUT2D eigenvalue weighted by atomic mass is 16.5. The fourth-order valence-electron chi connectivity index (χ4n) is 2.51. The second kappa shape index (κ2) is 4.73. The summed E-state index contributed by atoms with van der Waals surface area (Å²) in [7, 11) is 0. The van der Waals surface area contributed by atoms with E-state index in [0.717, 1.165) is 16.7 Å². The maximum absolute atomic E-state index is 11.7. The maximum atomic E-state index is 11.7. The molecular weight excluding hydrogens is 236 g/mol. The highest BCUT2D eigenvalue weighted by Gasteiger charge is 2.23. The zero-order chi connectivity index (χ0) is 13.2. The summed E-state index contributed by atoms with van der Waals surface area (Å²) in [5.74, 6) is -0.288. The number of rotatable bonds is 2. The summed E-state index contributed by atoms with van der Waals surface area (Å²) in [4.78, 5) is 11.7. The highest BCUT2D eigenvalue weighted by Crippen LogP contribution is 2.43. The number of carbonyl (C=O) groups is 1. The highest BCUT2D eigenvalue weighted by molar-refractivity contribution is 6.06. The summed E-state index contributed by atoms with van der Waals surface area (Å²) in [6.07, 6.45) is 1.59. The standard InChI is InChI=1S/C17H14O2/c1-2-19-17(18)11-16-14-9-5-3-7-12(14)13-8-4-6-10-15(13)16/h3-11H,2H2,1H3. The Morgan fingerprint density at radius 2 is 1.42 bits per heavy atom. The molecule has 0 aliphatic heterocycles. The quantitative estimate of drug-likeness (QED) is 0.512. The van der Waals surface area contributed by atoms with Crippen LogP contribution in [0.25, 0.3) is 16.7 Å². The third-order valence-corrected chi connectivity index (χ3v) is 3.27. The van der Waals surface area contributed by atoms with Crippen molar-refractivity contribution in [1.29, 1.82) is 0 Å². The summed E-state index contributed by atoms with van der Waals surface area (Å²) in [5, 5.41) is 0. The molecule has 0 saturated carbocycles. The summed E-state index contributed by atoms with van der Waals surface area (Å²) < 4.78 is 5.02. The van der Waals surface area contributed by atoms with E-state index in [9.17, 15) is 4.79 Å². The van der Waals surface area contributed by atoms with Gasteiger partial charge >= 0.3 is 5.97 Å². The number of hydrogen-bond donors (Lipinski definition) is 0. The monoisotopic (exact) mass is 250 g/mol. The number of hydrogen-bond acceptors (Lipinski definition) is 2. The van der Waals surface area contributed by atoms with Gasteiger partial charge in [0.1, 0.15) is 0 Å². The van der Waals surface area contributed by atoms with E-state index in [2.05, 4.69) is 12.1 Å². The van der Waals surface area contributed by atoms with Gasteiger partial charge in [-0.3, -0.25) is 0 Å². The molecule has 2 heteroatoms.